The minimum atomic E-state index is -4.47. The maximum atomic E-state index is 13.0. The van der Waals surface area contributed by atoms with Gasteiger partial charge in [-0.15, -0.1) is 0 Å². The minimum absolute atomic E-state index is 0.0618. The molecule has 6 aromatic rings. The Kier molecular flexibility index (Phi) is 7.52. The van der Waals surface area contributed by atoms with E-state index >= 15 is 0 Å². The average Bonchev–Trinajstić information content (AvgIpc) is 3.48. The van der Waals surface area contributed by atoms with E-state index in [1.165, 1.54) is 24.3 Å². The van der Waals surface area contributed by atoms with E-state index in [2.05, 4.69) is 19.9 Å². The number of aryl methyl sites for hydroxylation is 1. The molecule has 5 N–H and O–H groups in total. The first-order valence-corrected chi connectivity index (χ1v) is 12.9. The molecule has 0 saturated carbocycles. The molecule has 0 saturated heterocycles. The zero-order valence-corrected chi connectivity index (χ0v) is 22.6. The summed E-state index contributed by atoms with van der Waals surface area (Å²) >= 11 is 4.88. The van der Waals surface area contributed by atoms with Crippen molar-refractivity contribution in [3.63, 3.8) is 0 Å². The monoisotopic (exact) mass is 594 g/mol. The zero-order chi connectivity index (χ0) is 30.2. The Balaban J connectivity index is 0.000000181. The fourth-order valence-electron chi connectivity index (χ4n) is 4.51. The Morgan fingerprint density at radius 2 is 1.86 bits per heavy atom. The molecule has 2 aromatic carbocycles. The van der Waals surface area contributed by atoms with Gasteiger partial charge in [0.2, 0.25) is 0 Å². The third kappa shape index (κ3) is 5.46. The molecule has 6 rings (SSSR count). The van der Waals surface area contributed by atoms with Crippen molar-refractivity contribution in [3.05, 3.63) is 100 Å². The van der Waals surface area contributed by atoms with Crippen LogP contribution in [0.1, 0.15) is 28.5 Å². The number of para-hydroxylation sites is 1. The van der Waals surface area contributed by atoms with Gasteiger partial charge in [0.1, 0.15) is 33.4 Å². The highest BCUT2D eigenvalue weighted by Gasteiger charge is 2.33. The van der Waals surface area contributed by atoms with Gasteiger partial charge in [0.25, 0.3) is 0 Å². The second-order valence-electron chi connectivity index (χ2n) is 9.16. The molecule has 0 atom stereocenters. The van der Waals surface area contributed by atoms with Crippen LogP contribution >= 0.6 is 12.2 Å². The highest BCUT2D eigenvalue weighted by molar-refractivity contribution is 7.71. The van der Waals surface area contributed by atoms with Gasteiger partial charge in [-0.3, -0.25) is 0 Å². The van der Waals surface area contributed by atoms with Crippen LogP contribution in [-0.2, 0) is 12.6 Å². The molecule has 0 unspecified atom stereocenters. The summed E-state index contributed by atoms with van der Waals surface area (Å²) in [5.41, 5.74) is 8.97. The third-order valence-corrected chi connectivity index (χ3v) is 6.79. The number of halogens is 4. The van der Waals surface area contributed by atoms with E-state index in [0.29, 0.717) is 34.7 Å². The summed E-state index contributed by atoms with van der Waals surface area (Å²) in [6.07, 6.45) is -0.938. The number of nitrogens with zero attached hydrogens (tertiary/aromatic N) is 3. The van der Waals surface area contributed by atoms with Crippen molar-refractivity contribution in [2.45, 2.75) is 19.5 Å². The maximum absolute atomic E-state index is 13.0. The highest BCUT2D eigenvalue weighted by atomic mass is 32.1. The van der Waals surface area contributed by atoms with Gasteiger partial charge < -0.3 is 25.4 Å². The van der Waals surface area contributed by atoms with Crippen LogP contribution in [0.25, 0.3) is 39.0 Å². The summed E-state index contributed by atoms with van der Waals surface area (Å²) < 4.78 is 53.9. The number of H-pyrrole nitrogens is 2. The molecule has 0 aliphatic carbocycles. The number of hydrogen-bond donors (Lipinski definition) is 4. The van der Waals surface area contributed by atoms with Gasteiger partial charge in [-0.05, 0) is 42.3 Å². The molecule has 0 spiro atoms. The SMILES string of the molecule is CCc1cn(-c2c(N)[nH]c3ccccc23)c2ccc(C(F)(F)F)nc12.O=C(O)c1cnc(-c2cccc(F)c2)[nH]c1=S. The van der Waals surface area contributed by atoms with Crippen LogP contribution in [0, 0.1) is 10.5 Å². The Labute approximate surface area is 240 Å². The van der Waals surface area contributed by atoms with Crippen LogP contribution in [0.4, 0.5) is 23.4 Å². The summed E-state index contributed by atoms with van der Waals surface area (Å²) in [4.78, 5) is 24.3. The van der Waals surface area contributed by atoms with Crippen LogP contribution in [0.2, 0.25) is 0 Å². The fraction of sp³-hybridized carbons (Fsp3) is 0.103. The molecule has 8 nitrogen and oxygen atoms in total. The van der Waals surface area contributed by atoms with Crippen LogP contribution in [0.5, 0.6) is 0 Å². The summed E-state index contributed by atoms with van der Waals surface area (Å²) in [7, 11) is 0. The van der Waals surface area contributed by atoms with Crippen LogP contribution in [0.3, 0.4) is 0 Å². The molecule has 0 amide bonds. The van der Waals surface area contributed by atoms with Crippen LogP contribution in [-0.4, -0.2) is 35.6 Å². The van der Waals surface area contributed by atoms with E-state index < -0.39 is 23.7 Å². The number of anilines is 1. The topological polar surface area (TPSA) is 126 Å². The minimum Gasteiger partial charge on any atom is -0.478 e. The molecule has 42 heavy (non-hydrogen) atoms. The van der Waals surface area contributed by atoms with E-state index in [1.807, 2.05) is 42.0 Å². The van der Waals surface area contributed by atoms with Gasteiger partial charge in [-0.1, -0.05) is 49.5 Å². The highest BCUT2D eigenvalue weighted by Crippen LogP contribution is 2.35. The van der Waals surface area contributed by atoms with Gasteiger partial charge in [-0.25, -0.2) is 19.2 Å². The molecule has 0 bridgehead atoms. The van der Waals surface area contributed by atoms with Crippen LogP contribution < -0.4 is 5.73 Å². The lowest BCUT2D eigenvalue weighted by atomic mass is 10.2. The molecule has 0 radical (unpaired) electrons. The summed E-state index contributed by atoms with van der Waals surface area (Å²) in [5.74, 6) is -0.754. The maximum Gasteiger partial charge on any atom is 0.433 e. The number of nitrogen functional groups attached to an aromatic ring is 1. The molecule has 0 aliphatic heterocycles. The van der Waals surface area contributed by atoms with Crippen molar-refractivity contribution < 1.29 is 27.5 Å². The number of rotatable bonds is 4. The number of benzene rings is 2. The summed E-state index contributed by atoms with van der Waals surface area (Å²) in [6.45, 7) is 1.89. The predicted molar refractivity (Wildman–Crippen MR) is 153 cm³/mol. The van der Waals surface area contributed by atoms with E-state index in [-0.39, 0.29) is 10.2 Å². The van der Waals surface area contributed by atoms with Gasteiger partial charge in [0.05, 0.1) is 16.7 Å². The van der Waals surface area contributed by atoms with Gasteiger partial charge in [0.15, 0.2) is 0 Å². The van der Waals surface area contributed by atoms with Crippen LogP contribution in [0.15, 0.2) is 73.1 Å². The first-order chi connectivity index (χ1) is 20.0. The van der Waals surface area contributed by atoms with Crippen molar-refractivity contribution in [1.82, 2.24) is 24.5 Å². The van der Waals surface area contributed by atoms with Crippen molar-refractivity contribution in [2.24, 2.45) is 0 Å². The molecule has 0 fully saturated rings. The molecule has 214 valence electrons. The first-order valence-electron chi connectivity index (χ1n) is 12.5. The number of aromatic amines is 2. The van der Waals surface area contributed by atoms with Crippen molar-refractivity contribution >= 4 is 45.9 Å². The Bertz CT molecular complexity index is 2010. The number of hydrogen-bond acceptors (Lipinski definition) is 5. The van der Waals surface area contributed by atoms with E-state index in [9.17, 15) is 22.4 Å². The van der Waals surface area contributed by atoms with E-state index in [1.54, 1.807) is 6.07 Å². The molecular weight excluding hydrogens is 572 g/mol. The van der Waals surface area contributed by atoms with Crippen molar-refractivity contribution in [3.8, 4) is 17.1 Å². The normalized spacial score (nSPS) is 11.5. The number of aromatic nitrogens is 5. The zero-order valence-electron chi connectivity index (χ0n) is 21.8. The number of alkyl halides is 3. The Morgan fingerprint density at radius 3 is 2.52 bits per heavy atom. The number of carbonyl (C=O) groups is 1. The second-order valence-corrected chi connectivity index (χ2v) is 9.57. The number of carboxylic acids is 1. The second kappa shape index (κ2) is 11.1. The summed E-state index contributed by atoms with van der Waals surface area (Å²) in [6, 6.07) is 15.8. The lowest BCUT2D eigenvalue weighted by molar-refractivity contribution is -0.140. The van der Waals surface area contributed by atoms with Crippen molar-refractivity contribution in [1.29, 1.82) is 0 Å². The Morgan fingerprint density at radius 1 is 1.10 bits per heavy atom. The molecule has 4 aromatic heterocycles. The van der Waals surface area contributed by atoms with Gasteiger partial charge >= 0.3 is 12.1 Å². The average molecular weight is 595 g/mol. The molecule has 4 heterocycles. The number of carboxylic acid groups (broad SMARTS) is 1. The fourth-order valence-corrected chi connectivity index (χ4v) is 4.74. The number of nitrogens with one attached hydrogen (secondary N) is 2. The van der Waals surface area contributed by atoms with E-state index in [0.717, 1.165) is 34.4 Å². The number of nitrogens with two attached hydrogens (primary N) is 1. The summed E-state index contributed by atoms with van der Waals surface area (Å²) in [5, 5.41) is 9.69. The molecule has 0 aliphatic rings. The standard InChI is InChI=1S/C18H15F3N4.C11H7FN2O2S/c1-2-10-9-25(13-7-8-14(18(19,20)21)24-15(10)13)16-11-5-3-4-6-12(11)23-17(16)22;12-7-3-1-2-6(4-7)9-13-5-8(11(15)16)10(17)14-9/h3-9,23H,2,22H2,1H3;1-5H,(H,15,16)(H,13,14,17). The predicted octanol–water partition coefficient (Wildman–Crippen LogP) is 7.31. The largest absolute Gasteiger partial charge is 0.478 e. The quantitative estimate of drug-likeness (QED) is 0.125. The number of aromatic carboxylic acids is 1. The first kappa shape index (κ1) is 28.5. The number of pyridine rings is 1. The Hall–Kier alpha value is -5.04. The van der Waals surface area contributed by atoms with Crippen molar-refractivity contribution in [2.75, 3.05) is 5.73 Å². The number of fused-ring (bicyclic) bond motifs is 2. The van der Waals surface area contributed by atoms with Gasteiger partial charge in [0, 0.05) is 28.9 Å². The third-order valence-electron chi connectivity index (χ3n) is 6.47. The van der Waals surface area contributed by atoms with Gasteiger partial charge in [-0.2, -0.15) is 13.2 Å². The lowest BCUT2D eigenvalue weighted by Crippen LogP contribution is -2.07. The molecular formula is C29H22F4N6O2S. The molecule has 13 heteroatoms. The van der Waals surface area contributed by atoms with E-state index in [4.69, 9.17) is 23.1 Å². The smallest absolute Gasteiger partial charge is 0.433 e. The lowest BCUT2D eigenvalue weighted by Gasteiger charge is -2.08.